The van der Waals surface area contributed by atoms with Gasteiger partial charge in [0.25, 0.3) is 5.91 Å². The number of nitrogens with zero attached hydrogens (tertiary/aromatic N) is 2. The summed E-state index contributed by atoms with van der Waals surface area (Å²) in [5.74, 6) is -0.170. The van der Waals surface area contributed by atoms with E-state index in [1.54, 1.807) is 23.1 Å². The van der Waals surface area contributed by atoms with Crippen LogP contribution in [-0.2, 0) is 11.2 Å². The van der Waals surface area contributed by atoms with E-state index in [-0.39, 0.29) is 17.9 Å². The molecule has 1 heterocycles. The molecule has 3 rings (SSSR count). The van der Waals surface area contributed by atoms with Gasteiger partial charge in [-0.25, -0.2) is 0 Å². The molecular weight excluding hydrogens is 386 g/mol. The van der Waals surface area contributed by atoms with Crippen LogP contribution >= 0.6 is 11.6 Å². The zero-order chi connectivity index (χ0) is 21.0. The first-order valence-electron chi connectivity index (χ1n) is 10.0. The van der Waals surface area contributed by atoms with Gasteiger partial charge in [0.05, 0.1) is 17.3 Å². The van der Waals surface area contributed by atoms with E-state index < -0.39 is 0 Å². The van der Waals surface area contributed by atoms with E-state index in [0.29, 0.717) is 35.8 Å². The normalized spacial score (nSPS) is 15.1. The lowest BCUT2D eigenvalue weighted by Gasteiger charge is -2.26. The summed E-state index contributed by atoms with van der Waals surface area (Å²) in [6.07, 6.45) is 2.30. The Balaban J connectivity index is 1.77. The van der Waals surface area contributed by atoms with Crippen molar-refractivity contribution < 1.29 is 9.59 Å². The Morgan fingerprint density at radius 3 is 2.52 bits per heavy atom. The van der Waals surface area contributed by atoms with Crippen molar-refractivity contribution >= 4 is 29.1 Å². The average molecular weight is 414 g/mol. The number of rotatable bonds is 7. The van der Waals surface area contributed by atoms with Crippen molar-refractivity contribution in [3.05, 3.63) is 64.2 Å². The first kappa shape index (κ1) is 21.3. The van der Waals surface area contributed by atoms with Crippen molar-refractivity contribution in [1.82, 2.24) is 10.2 Å². The quantitative estimate of drug-likeness (QED) is 0.744. The van der Waals surface area contributed by atoms with Crippen molar-refractivity contribution in [3.63, 3.8) is 0 Å². The third-order valence-electron chi connectivity index (χ3n) is 5.42. The Labute approximate surface area is 177 Å². The first-order valence-corrected chi connectivity index (χ1v) is 10.4. The minimum Gasteiger partial charge on any atom is -0.350 e. The third-order valence-corrected chi connectivity index (χ3v) is 5.66. The number of carbonyl (C=O) groups is 2. The average Bonchev–Trinajstić information content (AvgIpc) is 3.14. The van der Waals surface area contributed by atoms with Crippen LogP contribution in [0.3, 0.4) is 0 Å². The number of hydrogen-bond acceptors (Lipinski definition) is 3. The number of likely N-dealkylation sites (N-methyl/N-ethyl adjacent to an activating group) is 1. The summed E-state index contributed by atoms with van der Waals surface area (Å²) in [5, 5.41) is 3.56. The minimum absolute atomic E-state index is 0.0310. The maximum Gasteiger partial charge on any atom is 0.253 e. The molecule has 5 nitrogen and oxygen atoms in total. The second kappa shape index (κ2) is 9.42. The van der Waals surface area contributed by atoms with E-state index in [9.17, 15) is 9.59 Å². The van der Waals surface area contributed by atoms with Gasteiger partial charge in [0, 0.05) is 24.5 Å². The molecule has 1 unspecified atom stereocenters. The summed E-state index contributed by atoms with van der Waals surface area (Å²) in [4.78, 5) is 28.9. The summed E-state index contributed by atoms with van der Waals surface area (Å²) in [6.45, 7) is 3.21. The number of halogens is 1. The van der Waals surface area contributed by atoms with Gasteiger partial charge in [-0.05, 0) is 56.3 Å². The summed E-state index contributed by atoms with van der Waals surface area (Å²) < 4.78 is 0. The fraction of sp³-hybridized carbons (Fsp3) is 0.391. The van der Waals surface area contributed by atoms with Gasteiger partial charge in [-0.2, -0.15) is 0 Å². The van der Waals surface area contributed by atoms with Crippen LogP contribution in [0.1, 0.15) is 47.3 Å². The van der Waals surface area contributed by atoms with Crippen LogP contribution in [0.15, 0.2) is 42.5 Å². The molecule has 1 aliphatic heterocycles. The highest BCUT2D eigenvalue weighted by molar-refractivity contribution is 6.31. The second-order valence-electron chi connectivity index (χ2n) is 7.59. The predicted molar refractivity (Wildman–Crippen MR) is 118 cm³/mol. The molecule has 2 aromatic rings. The van der Waals surface area contributed by atoms with Crippen molar-refractivity contribution in [2.45, 2.75) is 32.2 Å². The number of amides is 2. The molecule has 1 N–H and O–H groups in total. The Kier molecular flexibility index (Phi) is 6.93. The summed E-state index contributed by atoms with van der Waals surface area (Å²) in [5.41, 5.74) is 3.50. The smallest absolute Gasteiger partial charge is 0.253 e. The summed E-state index contributed by atoms with van der Waals surface area (Å²) >= 11 is 6.15. The molecule has 1 fully saturated rings. The molecule has 29 heavy (non-hydrogen) atoms. The van der Waals surface area contributed by atoms with Crippen molar-refractivity contribution in [2.24, 2.45) is 0 Å². The number of carbonyl (C=O) groups excluding carboxylic acids is 2. The number of nitrogens with one attached hydrogen (secondary N) is 1. The molecular formula is C23H28ClN3O2. The van der Waals surface area contributed by atoms with Crippen LogP contribution in [0.4, 0.5) is 5.69 Å². The minimum atomic E-state index is -0.201. The number of benzene rings is 2. The third kappa shape index (κ3) is 4.98. The SMILES string of the molecule is CCc1ccc(C(CNC(=O)c2ccc(Cl)cc2N2CCCC2=O)N(C)C)cc1. The highest BCUT2D eigenvalue weighted by atomic mass is 35.5. The topological polar surface area (TPSA) is 52.7 Å². The molecule has 2 amide bonds. The van der Waals surface area contributed by atoms with Crippen LogP contribution in [0.25, 0.3) is 0 Å². The summed E-state index contributed by atoms with van der Waals surface area (Å²) in [6, 6.07) is 13.6. The van der Waals surface area contributed by atoms with E-state index in [4.69, 9.17) is 11.6 Å². The molecule has 0 radical (unpaired) electrons. The van der Waals surface area contributed by atoms with Gasteiger partial charge in [-0.15, -0.1) is 0 Å². The first-order chi connectivity index (χ1) is 13.9. The van der Waals surface area contributed by atoms with Crippen LogP contribution in [0.5, 0.6) is 0 Å². The monoisotopic (exact) mass is 413 g/mol. The second-order valence-corrected chi connectivity index (χ2v) is 8.03. The van der Waals surface area contributed by atoms with Crippen LogP contribution < -0.4 is 10.2 Å². The Morgan fingerprint density at radius 1 is 1.21 bits per heavy atom. The lowest BCUT2D eigenvalue weighted by Crippen LogP contribution is -2.35. The van der Waals surface area contributed by atoms with Crippen LogP contribution in [0, 0.1) is 0 Å². The number of anilines is 1. The van der Waals surface area contributed by atoms with Crippen LogP contribution in [0.2, 0.25) is 5.02 Å². The van der Waals surface area contributed by atoms with E-state index in [0.717, 1.165) is 18.4 Å². The zero-order valence-electron chi connectivity index (χ0n) is 17.2. The van der Waals surface area contributed by atoms with Crippen molar-refractivity contribution in [3.8, 4) is 0 Å². The van der Waals surface area contributed by atoms with Gasteiger partial charge in [0.15, 0.2) is 0 Å². The Bertz CT molecular complexity index is 880. The molecule has 1 saturated heterocycles. The van der Waals surface area contributed by atoms with Gasteiger partial charge >= 0.3 is 0 Å². The van der Waals surface area contributed by atoms with E-state index in [1.165, 1.54) is 5.56 Å². The maximum atomic E-state index is 13.0. The van der Waals surface area contributed by atoms with Crippen molar-refractivity contribution in [2.75, 3.05) is 32.1 Å². The van der Waals surface area contributed by atoms with Gasteiger partial charge in [0.1, 0.15) is 0 Å². The van der Waals surface area contributed by atoms with Gasteiger partial charge in [0.2, 0.25) is 5.91 Å². The number of hydrogen-bond donors (Lipinski definition) is 1. The standard InChI is InChI=1S/C23H28ClN3O2/c1-4-16-7-9-17(10-8-16)21(26(2)3)15-25-23(29)19-12-11-18(24)14-20(19)27-13-5-6-22(27)28/h7-12,14,21H,4-6,13,15H2,1-3H3,(H,25,29). The molecule has 0 spiro atoms. The molecule has 0 aliphatic carbocycles. The summed E-state index contributed by atoms with van der Waals surface area (Å²) in [7, 11) is 4.00. The fourth-order valence-electron chi connectivity index (χ4n) is 3.68. The lowest BCUT2D eigenvalue weighted by atomic mass is 10.0. The maximum absolute atomic E-state index is 13.0. The Hall–Kier alpha value is -2.37. The highest BCUT2D eigenvalue weighted by Crippen LogP contribution is 2.29. The van der Waals surface area contributed by atoms with E-state index in [1.807, 2.05) is 14.1 Å². The largest absolute Gasteiger partial charge is 0.350 e. The van der Waals surface area contributed by atoms with Crippen LogP contribution in [-0.4, -0.2) is 43.9 Å². The molecule has 0 saturated carbocycles. The zero-order valence-corrected chi connectivity index (χ0v) is 18.0. The molecule has 154 valence electrons. The number of aryl methyl sites for hydroxylation is 1. The van der Waals surface area contributed by atoms with Crippen molar-refractivity contribution in [1.29, 1.82) is 0 Å². The highest BCUT2D eigenvalue weighted by Gasteiger charge is 2.26. The lowest BCUT2D eigenvalue weighted by molar-refractivity contribution is -0.117. The molecule has 1 aliphatic rings. The van der Waals surface area contributed by atoms with E-state index in [2.05, 4.69) is 41.4 Å². The molecule has 0 bridgehead atoms. The molecule has 6 heteroatoms. The fourth-order valence-corrected chi connectivity index (χ4v) is 3.85. The molecule has 1 atom stereocenters. The van der Waals surface area contributed by atoms with Gasteiger partial charge in [-0.3, -0.25) is 9.59 Å². The van der Waals surface area contributed by atoms with Gasteiger partial charge < -0.3 is 15.1 Å². The van der Waals surface area contributed by atoms with E-state index >= 15 is 0 Å². The Morgan fingerprint density at radius 2 is 1.93 bits per heavy atom. The molecule has 2 aromatic carbocycles. The molecule has 0 aromatic heterocycles. The van der Waals surface area contributed by atoms with Gasteiger partial charge in [-0.1, -0.05) is 42.8 Å². The predicted octanol–water partition coefficient (Wildman–Crippen LogP) is 4.06.